The summed E-state index contributed by atoms with van der Waals surface area (Å²) in [5, 5.41) is 1.93. The summed E-state index contributed by atoms with van der Waals surface area (Å²) in [6.07, 6.45) is -4.21. The van der Waals surface area contributed by atoms with Crippen molar-refractivity contribution in [1.82, 2.24) is 9.88 Å². The quantitative estimate of drug-likeness (QED) is 0.817. The molecular formula is C17H16F3N3O3. The van der Waals surface area contributed by atoms with Crippen molar-refractivity contribution in [2.24, 2.45) is 0 Å². The number of likely N-dealkylation sites (N-methyl/N-ethyl adjacent to an activating group) is 1. The van der Waals surface area contributed by atoms with Crippen LogP contribution < -0.4 is 10.9 Å². The number of aromatic amines is 1. The first-order chi connectivity index (χ1) is 12.1. The van der Waals surface area contributed by atoms with Gasteiger partial charge in [-0.25, -0.2) is 0 Å². The molecule has 1 heterocycles. The van der Waals surface area contributed by atoms with Gasteiger partial charge >= 0.3 is 18.0 Å². The fourth-order valence-electron chi connectivity index (χ4n) is 2.20. The van der Waals surface area contributed by atoms with E-state index in [0.717, 1.165) is 16.0 Å². The van der Waals surface area contributed by atoms with Crippen molar-refractivity contribution in [2.45, 2.75) is 19.6 Å². The van der Waals surface area contributed by atoms with Crippen molar-refractivity contribution in [3.63, 3.8) is 0 Å². The minimum Gasteiger partial charge on any atom is -0.333 e. The van der Waals surface area contributed by atoms with Gasteiger partial charge in [0.2, 0.25) is 0 Å². The van der Waals surface area contributed by atoms with E-state index in [4.69, 9.17) is 0 Å². The van der Waals surface area contributed by atoms with Gasteiger partial charge in [0, 0.05) is 19.8 Å². The van der Waals surface area contributed by atoms with E-state index in [-0.39, 0.29) is 6.54 Å². The van der Waals surface area contributed by atoms with Gasteiger partial charge in [-0.15, -0.1) is 0 Å². The lowest BCUT2D eigenvalue weighted by molar-refractivity contribution is -0.142. The molecule has 0 saturated carbocycles. The molecule has 0 aliphatic heterocycles. The predicted octanol–water partition coefficient (Wildman–Crippen LogP) is 2.30. The monoisotopic (exact) mass is 367 g/mol. The van der Waals surface area contributed by atoms with Crippen LogP contribution in [0.3, 0.4) is 0 Å². The largest absolute Gasteiger partial charge is 0.417 e. The number of nitrogens with zero attached hydrogens (tertiary/aromatic N) is 1. The van der Waals surface area contributed by atoms with Crippen LogP contribution in [-0.4, -0.2) is 28.7 Å². The third-order valence-corrected chi connectivity index (χ3v) is 3.69. The first-order valence-electron chi connectivity index (χ1n) is 7.50. The average molecular weight is 367 g/mol. The van der Waals surface area contributed by atoms with Crippen molar-refractivity contribution in [1.29, 1.82) is 0 Å². The molecule has 1 aromatic heterocycles. The number of carbonyl (C=O) groups excluding carboxylic acids is 2. The van der Waals surface area contributed by atoms with Crippen LogP contribution in [0.1, 0.15) is 16.7 Å². The molecule has 0 unspecified atom stereocenters. The number of anilines is 1. The fraction of sp³-hybridized carbons (Fsp3) is 0.235. The molecule has 0 fully saturated rings. The molecule has 138 valence electrons. The van der Waals surface area contributed by atoms with Crippen LogP contribution >= 0.6 is 0 Å². The average Bonchev–Trinajstić information content (AvgIpc) is 2.57. The number of pyridine rings is 1. The van der Waals surface area contributed by atoms with Gasteiger partial charge in [0.25, 0.3) is 5.56 Å². The second-order valence-corrected chi connectivity index (χ2v) is 5.67. The van der Waals surface area contributed by atoms with Gasteiger partial charge in [-0.1, -0.05) is 24.3 Å². The lowest BCUT2D eigenvalue weighted by atomic mass is 10.1. The highest BCUT2D eigenvalue weighted by molar-refractivity contribution is 6.39. The molecule has 0 aliphatic rings. The summed E-state index contributed by atoms with van der Waals surface area (Å²) in [5.74, 6) is -2.18. The molecule has 2 amide bonds. The van der Waals surface area contributed by atoms with Crippen molar-refractivity contribution in [3.8, 4) is 0 Å². The Balaban J connectivity index is 2.13. The van der Waals surface area contributed by atoms with Crippen LogP contribution in [0.25, 0.3) is 0 Å². The molecule has 26 heavy (non-hydrogen) atoms. The van der Waals surface area contributed by atoms with Gasteiger partial charge in [-0.05, 0) is 24.1 Å². The van der Waals surface area contributed by atoms with Gasteiger partial charge in [0.15, 0.2) is 0 Å². The third kappa shape index (κ3) is 4.50. The highest BCUT2D eigenvalue weighted by atomic mass is 19.4. The van der Waals surface area contributed by atoms with Crippen LogP contribution in [0.15, 0.2) is 41.3 Å². The van der Waals surface area contributed by atoms with E-state index < -0.39 is 34.8 Å². The first-order valence-corrected chi connectivity index (χ1v) is 7.50. The lowest BCUT2D eigenvalue weighted by Gasteiger charge is -2.18. The van der Waals surface area contributed by atoms with E-state index in [1.165, 1.54) is 7.05 Å². The second kappa shape index (κ2) is 7.42. The maximum Gasteiger partial charge on any atom is 0.417 e. The number of rotatable bonds is 3. The SMILES string of the molecule is Cc1ccccc1CN(C)C(=O)C(=O)Nc1cc(C(F)(F)F)c[nH]c1=O. The van der Waals surface area contributed by atoms with Gasteiger partial charge in [0.1, 0.15) is 5.69 Å². The molecule has 2 aromatic rings. The molecule has 2 N–H and O–H groups in total. The maximum absolute atomic E-state index is 12.7. The summed E-state index contributed by atoms with van der Waals surface area (Å²) in [6.45, 7) is 1.98. The number of aromatic nitrogens is 1. The number of H-pyrrole nitrogens is 1. The number of hydrogen-bond acceptors (Lipinski definition) is 3. The van der Waals surface area contributed by atoms with Gasteiger partial charge in [-0.3, -0.25) is 14.4 Å². The Morgan fingerprint density at radius 3 is 2.50 bits per heavy atom. The summed E-state index contributed by atoms with van der Waals surface area (Å²) in [7, 11) is 1.38. The number of carbonyl (C=O) groups is 2. The van der Waals surface area contributed by atoms with Gasteiger partial charge < -0.3 is 15.2 Å². The predicted molar refractivity (Wildman–Crippen MR) is 88.3 cm³/mol. The number of amides is 2. The molecule has 0 atom stereocenters. The molecule has 0 bridgehead atoms. The highest BCUT2D eigenvalue weighted by Crippen LogP contribution is 2.29. The Hall–Kier alpha value is -3.10. The molecule has 0 saturated heterocycles. The van der Waals surface area contributed by atoms with E-state index in [0.29, 0.717) is 12.3 Å². The molecule has 2 rings (SSSR count). The number of nitrogens with one attached hydrogen (secondary N) is 2. The van der Waals surface area contributed by atoms with Crippen molar-refractivity contribution < 1.29 is 22.8 Å². The molecule has 0 radical (unpaired) electrons. The molecule has 9 heteroatoms. The van der Waals surface area contributed by atoms with Crippen molar-refractivity contribution in [3.05, 3.63) is 63.6 Å². The van der Waals surface area contributed by atoms with E-state index in [1.54, 1.807) is 12.1 Å². The third-order valence-electron chi connectivity index (χ3n) is 3.69. The topological polar surface area (TPSA) is 82.3 Å². The standard InChI is InChI=1S/C17H16F3N3O3/c1-10-5-3-4-6-11(10)9-23(2)16(26)15(25)22-13-7-12(17(18,19)20)8-21-14(13)24/h3-8H,9H2,1-2H3,(H,21,24)(H,22,25). The summed E-state index contributed by atoms with van der Waals surface area (Å²) in [6, 6.07) is 7.71. The lowest BCUT2D eigenvalue weighted by Crippen LogP contribution is -2.38. The Morgan fingerprint density at radius 2 is 1.88 bits per heavy atom. The molecule has 0 spiro atoms. The number of halogens is 3. The summed E-state index contributed by atoms with van der Waals surface area (Å²) >= 11 is 0. The zero-order chi connectivity index (χ0) is 19.5. The molecule has 6 nitrogen and oxygen atoms in total. The molecular weight excluding hydrogens is 351 g/mol. The number of aryl methyl sites for hydroxylation is 1. The van der Waals surface area contributed by atoms with Crippen LogP contribution in [0.5, 0.6) is 0 Å². The van der Waals surface area contributed by atoms with E-state index >= 15 is 0 Å². The summed E-state index contributed by atoms with van der Waals surface area (Å²) in [4.78, 5) is 38.7. The molecule has 1 aromatic carbocycles. The highest BCUT2D eigenvalue weighted by Gasteiger charge is 2.32. The zero-order valence-corrected chi connectivity index (χ0v) is 14.0. The normalized spacial score (nSPS) is 11.1. The van der Waals surface area contributed by atoms with E-state index in [1.807, 2.05) is 29.4 Å². The Morgan fingerprint density at radius 1 is 1.23 bits per heavy atom. The summed E-state index contributed by atoms with van der Waals surface area (Å²) in [5.41, 5.74) is -1.01. The zero-order valence-electron chi connectivity index (χ0n) is 14.0. The number of alkyl halides is 3. The Bertz CT molecular complexity index is 891. The van der Waals surface area contributed by atoms with E-state index in [9.17, 15) is 27.6 Å². The van der Waals surface area contributed by atoms with Crippen molar-refractivity contribution in [2.75, 3.05) is 12.4 Å². The van der Waals surface area contributed by atoms with Gasteiger partial charge in [0.05, 0.1) is 5.56 Å². The smallest absolute Gasteiger partial charge is 0.333 e. The minimum absolute atomic E-state index is 0.137. The van der Waals surface area contributed by atoms with Crippen LogP contribution in [0.2, 0.25) is 0 Å². The van der Waals surface area contributed by atoms with Crippen LogP contribution in [0.4, 0.5) is 18.9 Å². The number of benzene rings is 1. The van der Waals surface area contributed by atoms with Crippen LogP contribution in [-0.2, 0) is 22.3 Å². The maximum atomic E-state index is 12.7. The molecule has 0 aliphatic carbocycles. The Kier molecular flexibility index (Phi) is 5.49. The van der Waals surface area contributed by atoms with E-state index in [2.05, 4.69) is 0 Å². The fourth-order valence-corrected chi connectivity index (χ4v) is 2.20. The minimum atomic E-state index is -4.70. The van der Waals surface area contributed by atoms with Crippen molar-refractivity contribution >= 4 is 17.5 Å². The summed E-state index contributed by atoms with van der Waals surface area (Å²) < 4.78 is 38.1. The Labute approximate surface area is 146 Å². The number of hydrogen-bond donors (Lipinski definition) is 2. The van der Waals surface area contributed by atoms with Crippen LogP contribution in [0, 0.1) is 6.92 Å². The first kappa shape index (κ1) is 19.2. The second-order valence-electron chi connectivity index (χ2n) is 5.67. The van der Waals surface area contributed by atoms with Gasteiger partial charge in [-0.2, -0.15) is 13.2 Å².